The van der Waals surface area contributed by atoms with Crippen molar-refractivity contribution in [3.63, 3.8) is 0 Å². The molecule has 0 aromatic carbocycles. The van der Waals surface area contributed by atoms with Crippen LogP contribution >= 0.6 is 0 Å². The fourth-order valence-corrected chi connectivity index (χ4v) is 1.17. The topological polar surface area (TPSA) is 55.4 Å². The van der Waals surface area contributed by atoms with E-state index >= 15 is 0 Å². The molecule has 0 radical (unpaired) electrons. The van der Waals surface area contributed by atoms with Gasteiger partial charge in [-0.25, -0.2) is 4.79 Å². The highest BCUT2D eigenvalue weighted by molar-refractivity contribution is 5.83. The highest BCUT2D eigenvalue weighted by atomic mass is 16.5. The Hall–Kier alpha value is -1.06. The standard InChI is InChI=1S/C10H19NO3/c1-5-14-10(13)9(6-7(2)3)11-8(4)12/h7,9H,5-6H2,1-4H3,(H,11,12)/t9-/m0/s1. The van der Waals surface area contributed by atoms with Gasteiger partial charge in [-0.3, -0.25) is 4.79 Å². The van der Waals surface area contributed by atoms with Gasteiger partial charge in [0.05, 0.1) is 6.61 Å². The molecule has 82 valence electrons. The second-order valence-corrected chi connectivity index (χ2v) is 3.63. The molecule has 0 unspecified atom stereocenters. The molecule has 0 aliphatic heterocycles. The second-order valence-electron chi connectivity index (χ2n) is 3.63. The fourth-order valence-electron chi connectivity index (χ4n) is 1.17. The molecule has 0 aliphatic carbocycles. The predicted octanol–water partition coefficient (Wildman–Crippen LogP) is 1.10. The van der Waals surface area contributed by atoms with Gasteiger partial charge in [0.15, 0.2) is 0 Å². The maximum Gasteiger partial charge on any atom is 0.328 e. The molecule has 4 nitrogen and oxygen atoms in total. The van der Waals surface area contributed by atoms with Gasteiger partial charge >= 0.3 is 5.97 Å². The van der Waals surface area contributed by atoms with E-state index in [4.69, 9.17) is 4.74 Å². The van der Waals surface area contributed by atoms with E-state index in [2.05, 4.69) is 5.32 Å². The lowest BCUT2D eigenvalue weighted by molar-refractivity contribution is -0.147. The Morgan fingerprint density at radius 1 is 1.36 bits per heavy atom. The number of ether oxygens (including phenoxy) is 1. The highest BCUT2D eigenvalue weighted by Gasteiger charge is 2.21. The van der Waals surface area contributed by atoms with Gasteiger partial charge in [-0.2, -0.15) is 0 Å². The average Bonchev–Trinajstić information content (AvgIpc) is 2.01. The summed E-state index contributed by atoms with van der Waals surface area (Å²) in [4.78, 5) is 22.2. The van der Waals surface area contributed by atoms with Crippen LogP contribution in [0.4, 0.5) is 0 Å². The minimum Gasteiger partial charge on any atom is -0.464 e. The van der Waals surface area contributed by atoms with Crippen LogP contribution in [0.25, 0.3) is 0 Å². The van der Waals surface area contributed by atoms with Crippen molar-refractivity contribution in [3.8, 4) is 0 Å². The van der Waals surface area contributed by atoms with E-state index in [1.165, 1.54) is 6.92 Å². The summed E-state index contributed by atoms with van der Waals surface area (Å²) in [5.41, 5.74) is 0. The Labute approximate surface area is 85.0 Å². The Balaban J connectivity index is 4.22. The molecule has 0 saturated carbocycles. The van der Waals surface area contributed by atoms with Gasteiger partial charge in [0.25, 0.3) is 0 Å². The lowest BCUT2D eigenvalue weighted by Crippen LogP contribution is -2.41. The Bertz CT molecular complexity index is 202. The van der Waals surface area contributed by atoms with E-state index in [0.29, 0.717) is 18.9 Å². The number of esters is 1. The van der Waals surface area contributed by atoms with Crippen molar-refractivity contribution in [2.24, 2.45) is 5.92 Å². The van der Waals surface area contributed by atoms with Gasteiger partial charge in [-0.05, 0) is 19.3 Å². The summed E-state index contributed by atoms with van der Waals surface area (Å²) in [6.07, 6.45) is 0.610. The van der Waals surface area contributed by atoms with Crippen molar-refractivity contribution in [2.45, 2.75) is 40.2 Å². The third-order valence-electron chi connectivity index (χ3n) is 1.66. The average molecular weight is 201 g/mol. The molecule has 0 spiro atoms. The Morgan fingerprint density at radius 3 is 2.29 bits per heavy atom. The molecule has 0 bridgehead atoms. The summed E-state index contributed by atoms with van der Waals surface area (Å²) in [6, 6.07) is -0.507. The number of carbonyl (C=O) groups is 2. The summed E-state index contributed by atoms with van der Waals surface area (Å²) < 4.78 is 4.85. The van der Waals surface area contributed by atoms with Gasteiger partial charge in [-0.15, -0.1) is 0 Å². The maximum absolute atomic E-state index is 11.4. The number of hydrogen-bond donors (Lipinski definition) is 1. The number of hydrogen-bond acceptors (Lipinski definition) is 3. The number of nitrogens with one attached hydrogen (secondary N) is 1. The van der Waals surface area contributed by atoms with Crippen LogP contribution in [-0.2, 0) is 14.3 Å². The lowest BCUT2D eigenvalue weighted by atomic mass is 10.0. The summed E-state index contributed by atoms with van der Waals surface area (Å²) in [5.74, 6) is -0.212. The van der Waals surface area contributed by atoms with Gasteiger partial charge in [0.2, 0.25) is 5.91 Å². The van der Waals surface area contributed by atoms with Crippen molar-refractivity contribution in [1.82, 2.24) is 5.32 Å². The van der Waals surface area contributed by atoms with Crippen LogP contribution in [0.5, 0.6) is 0 Å². The minimum atomic E-state index is -0.507. The molecule has 14 heavy (non-hydrogen) atoms. The third-order valence-corrected chi connectivity index (χ3v) is 1.66. The summed E-state index contributed by atoms with van der Waals surface area (Å²) in [7, 11) is 0. The molecule has 1 N–H and O–H groups in total. The molecular weight excluding hydrogens is 182 g/mol. The zero-order valence-corrected chi connectivity index (χ0v) is 9.29. The van der Waals surface area contributed by atoms with Crippen LogP contribution in [0.2, 0.25) is 0 Å². The normalized spacial score (nSPS) is 12.4. The van der Waals surface area contributed by atoms with Crippen molar-refractivity contribution < 1.29 is 14.3 Å². The SMILES string of the molecule is CCOC(=O)[C@H](CC(C)C)NC(C)=O. The van der Waals surface area contributed by atoms with Gasteiger partial charge in [0, 0.05) is 6.92 Å². The Kier molecular flexibility index (Phi) is 5.92. The van der Waals surface area contributed by atoms with Crippen LogP contribution in [0.15, 0.2) is 0 Å². The van der Waals surface area contributed by atoms with Crippen LogP contribution in [-0.4, -0.2) is 24.5 Å². The maximum atomic E-state index is 11.4. The van der Waals surface area contributed by atoms with Gasteiger partial charge < -0.3 is 10.1 Å². The van der Waals surface area contributed by atoms with Crippen molar-refractivity contribution in [3.05, 3.63) is 0 Å². The molecule has 0 aliphatic rings. The number of rotatable bonds is 5. The van der Waals surface area contributed by atoms with E-state index in [0.717, 1.165) is 0 Å². The summed E-state index contributed by atoms with van der Waals surface area (Å²) in [5, 5.41) is 2.58. The summed E-state index contributed by atoms with van der Waals surface area (Å²) in [6.45, 7) is 7.47. The monoisotopic (exact) mass is 201 g/mol. The molecule has 4 heteroatoms. The van der Waals surface area contributed by atoms with Crippen LogP contribution in [0.3, 0.4) is 0 Å². The first-order chi connectivity index (χ1) is 6.47. The molecule has 0 rings (SSSR count). The molecular formula is C10H19NO3. The molecule has 0 aromatic heterocycles. The molecule has 0 fully saturated rings. The minimum absolute atomic E-state index is 0.205. The number of amides is 1. The van der Waals surface area contributed by atoms with Crippen molar-refractivity contribution >= 4 is 11.9 Å². The van der Waals surface area contributed by atoms with Crippen LogP contribution in [0, 0.1) is 5.92 Å². The van der Waals surface area contributed by atoms with Crippen molar-refractivity contribution in [2.75, 3.05) is 6.61 Å². The van der Waals surface area contributed by atoms with Crippen LogP contribution < -0.4 is 5.32 Å². The lowest BCUT2D eigenvalue weighted by Gasteiger charge is -2.17. The number of carbonyl (C=O) groups excluding carboxylic acids is 2. The molecule has 0 heterocycles. The van der Waals surface area contributed by atoms with E-state index in [1.54, 1.807) is 6.92 Å². The molecule has 1 amide bonds. The zero-order valence-electron chi connectivity index (χ0n) is 9.29. The Morgan fingerprint density at radius 2 is 1.93 bits per heavy atom. The van der Waals surface area contributed by atoms with E-state index in [9.17, 15) is 9.59 Å². The fraction of sp³-hybridized carbons (Fsp3) is 0.800. The van der Waals surface area contributed by atoms with Gasteiger partial charge in [-0.1, -0.05) is 13.8 Å². The first kappa shape index (κ1) is 12.9. The molecule has 1 atom stereocenters. The quantitative estimate of drug-likeness (QED) is 0.678. The largest absolute Gasteiger partial charge is 0.464 e. The first-order valence-corrected chi connectivity index (χ1v) is 4.91. The predicted molar refractivity (Wildman–Crippen MR) is 53.7 cm³/mol. The zero-order chi connectivity index (χ0) is 11.1. The van der Waals surface area contributed by atoms with E-state index < -0.39 is 6.04 Å². The second kappa shape index (κ2) is 6.40. The molecule has 0 aromatic rings. The van der Waals surface area contributed by atoms with Crippen LogP contribution in [0.1, 0.15) is 34.1 Å². The first-order valence-electron chi connectivity index (χ1n) is 4.91. The van der Waals surface area contributed by atoms with E-state index in [1.807, 2.05) is 13.8 Å². The smallest absolute Gasteiger partial charge is 0.328 e. The summed E-state index contributed by atoms with van der Waals surface area (Å²) >= 11 is 0. The molecule has 0 saturated heterocycles. The third kappa shape index (κ3) is 5.56. The van der Waals surface area contributed by atoms with Gasteiger partial charge in [0.1, 0.15) is 6.04 Å². The highest BCUT2D eigenvalue weighted by Crippen LogP contribution is 2.06. The van der Waals surface area contributed by atoms with Crippen molar-refractivity contribution in [1.29, 1.82) is 0 Å². The van der Waals surface area contributed by atoms with E-state index in [-0.39, 0.29) is 11.9 Å².